The summed E-state index contributed by atoms with van der Waals surface area (Å²) in [5.74, 6) is 2.97. The zero-order valence-electron chi connectivity index (χ0n) is 54.9. The fourth-order valence-electron chi connectivity index (χ4n) is 16.7. The molecule has 8 N–H and O–H groups in total. The minimum Gasteiger partial charge on any atom is -0.508 e. The van der Waals surface area contributed by atoms with Gasteiger partial charge in [-0.1, -0.05) is 132 Å². The Hall–Kier alpha value is -6.87. The van der Waals surface area contributed by atoms with Crippen LogP contribution in [0, 0.1) is 0 Å². The number of allylic oxidation sites excluding steroid dienone is 1. The topological polar surface area (TPSA) is 205 Å². The van der Waals surface area contributed by atoms with E-state index in [0.29, 0.717) is 35.4 Å². The number of nitrogens with two attached hydrogens (primary N) is 2. The Morgan fingerprint density at radius 3 is 0.944 bits per heavy atom. The molecular weight excluding hydrogens is 1170 g/mol. The molecule has 484 valence electrons. The van der Waals surface area contributed by atoms with Crippen molar-refractivity contribution in [2.75, 3.05) is 27.5 Å². The van der Waals surface area contributed by atoms with E-state index >= 15 is 0 Å². The SMILES string of the molecule is C.C=C(C)C.CC1(C)CC2(CC(C)(C)c3ccc(O)cc32)c2cc(O)ccc21.CC1(C)CC2(CC(C)(C)c3ccc(OC(=O)Cl)cc32)c2cc(OC(=O)Cl)ccc21.CNCNC(=O)Oc1ccc2c(c1)C1(CC(C)(C)c3ccc(OC)cc31)CC2(C)C.NCN. The van der Waals surface area contributed by atoms with Gasteiger partial charge in [0.05, 0.1) is 13.8 Å². The van der Waals surface area contributed by atoms with Crippen LogP contribution in [0.25, 0.3) is 0 Å². The van der Waals surface area contributed by atoms with E-state index in [9.17, 15) is 24.6 Å². The first-order valence-corrected chi connectivity index (χ1v) is 31.3. The van der Waals surface area contributed by atoms with Gasteiger partial charge >= 0.3 is 17.0 Å². The molecule has 15 heteroatoms. The van der Waals surface area contributed by atoms with Crippen molar-refractivity contribution in [2.24, 2.45) is 11.5 Å². The Morgan fingerprint density at radius 1 is 0.456 bits per heavy atom. The Morgan fingerprint density at radius 2 is 0.689 bits per heavy atom. The number of methoxy groups -OCH3 is 1. The molecule has 6 aliphatic rings. The molecule has 0 heterocycles. The van der Waals surface area contributed by atoms with Crippen LogP contribution in [0.1, 0.15) is 210 Å². The van der Waals surface area contributed by atoms with E-state index in [1.54, 1.807) is 38.4 Å². The van der Waals surface area contributed by atoms with Gasteiger partial charge in [-0.05, 0) is 231 Å². The third-order valence-corrected chi connectivity index (χ3v) is 19.3. The second-order valence-electron chi connectivity index (χ2n) is 29.3. The van der Waals surface area contributed by atoms with Crippen molar-refractivity contribution in [3.8, 4) is 34.5 Å². The molecule has 90 heavy (non-hydrogen) atoms. The maximum Gasteiger partial charge on any atom is 0.413 e. The molecule has 0 aromatic heterocycles. The number of phenolic OH excluding ortho intramolecular Hbond substituents is 2. The average molecular weight is 1270 g/mol. The molecule has 3 spiro atoms. The quantitative estimate of drug-likeness (QED) is 0.0524. The largest absolute Gasteiger partial charge is 0.508 e. The number of benzene rings is 6. The van der Waals surface area contributed by atoms with Crippen LogP contribution in [-0.2, 0) is 48.7 Å². The number of carbonyl (C=O) groups excluding carboxylic acids is 3. The molecule has 6 aliphatic carbocycles. The van der Waals surface area contributed by atoms with Crippen molar-refractivity contribution >= 4 is 40.2 Å². The van der Waals surface area contributed by atoms with Gasteiger partial charge in [0.1, 0.15) is 34.5 Å². The number of hydrogen-bond donors (Lipinski definition) is 6. The number of nitrogens with one attached hydrogen (secondary N) is 2. The molecule has 0 saturated carbocycles. The molecule has 1 atom stereocenters. The van der Waals surface area contributed by atoms with Gasteiger partial charge in [0.25, 0.3) is 0 Å². The number of carbonyl (C=O) groups is 3. The average Bonchev–Trinajstić information content (AvgIpc) is 1.55. The summed E-state index contributed by atoms with van der Waals surface area (Å²) >= 11 is 10.9. The standard InChI is InChI=1S/C25H32N2O3.C23H22Cl2O4.C21H24O2.C4H8.CH6N2.CH4/c1-23(2)13-25(20-11-16(29-6)7-9-18(20)23)14-24(3,4)19-10-8-17(12-21(19)25)30-22(28)27-15-26-5;1-21(2)11-23(17-9-13(28-19(24)26)5-7-15(17)21)12-22(3,4)16-8-6-14(10-18(16)23)29-20(25)27;1-19(2)11-21(17-9-13(22)5-7-15(17)19)12-20(3,4)16-8-6-14(23)10-18(16)21;1-4(2)3;2-1-3;/h7-12,26H,13-15H2,1-6H3,(H,27,28);5-10H,11-12H2,1-4H3;5-10,22-23H,11-12H2,1-4H3;1H2,2-3H3;1-3H2;1H4. The highest BCUT2D eigenvalue weighted by Crippen LogP contribution is 2.66. The highest BCUT2D eigenvalue weighted by molar-refractivity contribution is 6.61. The lowest BCUT2D eigenvalue weighted by Crippen LogP contribution is -2.33. The molecule has 12 rings (SSSR count). The highest BCUT2D eigenvalue weighted by Gasteiger charge is 2.59. The molecule has 0 bridgehead atoms. The van der Waals surface area contributed by atoms with Gasteiger partial charge in [-0.2, -0.15) is 0 Å². The summed E-state index contributed by atoms with van der Waals surface area (Å²) in [6, 6.07) is 35.7. The van der Waals surface area contributed by atoms with Gasteiger partial charge < -0.3 is 51.3 Å². The first kappa shape index (κ1) is 70.6. The minimum absolute atomic E-state index is 0. The maximum absolute atomic E-state index is 12.1. The van der Waals surface area contributed by atoms with E-state index in [4.69, 9.17) is 42.1 Å². The monoisotopic (exact) mass is 1270 g/mol. The Labute approximate surface area is 544 Å². The fourth-order valence-corrected chi connectivity index (χ4v) is 16.9. The predicted octanol–water partition coefficient (Wildman–Crippen LogP) is 17.2. The van der Waals surface area contributed by atoms with Crippen LogP contribution in [0.15, 0.2) is 121 Å². The Balaban J connectivity index is 0.000000182. The third kappa shape index (κ3) is 13.4. The number of phenols is 2. The second-order valence-corrected chi connectivity index (χ2v) is 29.9. The first-order chi connectivity index (χ1) is 41.4. The molecule has 1 amide bonds. The lowest BCUT2D eigenvalue weighted by molar-refractivity contribution is 0.199. The first-order valence-electron chi connectivity index (χ1n) is 30.6. The predicted molar refractivity (Wildman–Crippen MR) is 364 cm³/mol. The van der Waals surface area contributed by atoms with Crippen LogP contribution in [-0.4, -0.2) is 54.7 Å². The molecule has 6 aromatic carbocycles. The summed E-state index contributed by atoms with van der Waals surface area (Å²) in [5.41, 5.74) is 23.4. The summed E-state index contributed by atoms with van der Waals surface area (Å²) < 4.78 is 21.5. The highest BCUT2D eigenvalue weighted by atomic mass is 35.5. The molecule has 13 nitrogen and oxygen atoms in total. The zero-order valence-corrected chi connectivity index (χ0v) is 56.4. The molecule has 0 radical (unpaired) electrons. The normalized spacial score (nSPS) is 19.9. The van der Waals surface area contributed by atoms with Crippen LogP contribution < -0.4 is 41.0 Å². The molecule has 0 aliphatic heterocycles. The number of aromatic hydroxyl groups is 2. The van der Waals surface area contributed by atoms with Crippen LogP contribution in [0.3, 0.4) is 0 Å². The minimum atomic E-state index is -0.861. The van der Waals surface area contributed by atoms with Gasteiger partial charge in [-0.3, -0.25) is 0 Å². The number of fused-ring (bicyclic) bond motifs is 12. The van der Waals surface area contributed by atoms with E-state index in [2.05, 4.69) is 154 Å². The summed E-state index contributed by atoms with van der Waals surface area (Å²) in [6.07, 6.45) is 5.40. The van der Waals surface area contributed by atoms with Crippen LogP contribution in [0.2, 0.25) is 0 Å². The van der Waals surface area contributed by atoms with Gasteiger partial charge in [0.2, 0.25) is 0 Å². The van der Waals surface area contributed by atoms with Gasteiger partial charge in [0.15, 0.2) is 0 Å². The summed E-state index contributed by atoms with van der Waals surface area (Å²) in [7, 11) is 3.49. The number of rotatable bonds is 6. The lowest BCUT2D eigenvalue weighted by atomic mass is 9.72. The summed E-state index contributed by atoms with van der Waals surface area (Å²) in [4.78, 5) is 34.7. The summed E-state index contributed by atoms with van der Waals surface area (Å²) in [6.45, 7) is 35.4. The van der Waals surface area contributed by atoms with Gasteiger partial charge in [-0.25, -0.2) is 14.4 Å². The lowest BCUT2D eigenvalue weighted by Gasteiger charge is -2.30. The van der Waals surface area contributed by atoms with Crippen LogP contribution >= 0.6 is 23.2 Å². The van der Waals surface area contributed by atoms with Gasteiger partial charge in [-0.15, -0.1) is 6.58 Å². The van der Waals surface area contributed by atoms with Crippen molar-refractivity contribution in [1.82, 2.24) is 10.6 Å². The summed E-state index contributed by atoms with van der Waals surface area (Å²) in [5, 5.41) is 25.8. The number of halogens is 2. The van der Waals surface area contributed by atoms with Crippen molar-refractivity contribution in [3.05, 3.63) is 188 Å². The van der Waals surface area contributed by atoms with Crippen LogP contribution in [0.5, 0.6) is 34.5 Å². The van der Waals surface area contributed by atoms with E-state index in [-0.39, 0.29) is 62.8 Å². The number of hydrogen-bond acceptors (Lipinski definition) is 12. The van der Waals surface area contributed by atoms with Crippen molar-refractivity contribution in [3.63, 3.8) is 0 Å². The Bertz CT molecular complexity index is 3570. The Kier molecular flexibility index (Phi) is 20.1. The molecular formula is C75H96Cl2N4O9. The smallest absolute Gasteiger partial charge is 0.413 e. The number of amides is 1. The number of ether oxygens (including phenoxy) is 4. The van der Waals surface area contributed by atoms with Crippen molar-refractivity contribution < 1.29 is 43.5 Å². The maximum atomic E-state index is 12.1. The molecule has 1 unspecified atom stereocenters. The van der Waals surface area contributed by atoms with E-state index < -0.39 is 17.0 Å². The van der Waals surface area contributed by atoms with E-state index in [1.807, 2.05) is 56.3 Å². The molecule has 0 fully saturated rings. The second kappa shape index (κ2) is 25.7. The van der Waals surface area contributed by atoms with Crippen molar-refractivity contribution in [1.29, 1.82) is 0 Å². The zero-order chi connectivity index (χ0) is 65.8. The van der Waals surface area contributed by atoms with E-state index in [0.717, 1.165) is 55.4 Å². The van der Waals surface area contributed by atoms with Crippen LogP contribution in [0.4, 0.5) is 14.4 Å². The third-order valence-electron chi connectivity index (χ3n) is 19.2. The molecule has 6 aromatic rings. The molecule has 0 saturated heterocycles. The van der Waals surface area contributed by atoms with Crippen molar-refractivity contribution in [2.45, 2.75) is 192 Å². The van der Waals surface area contributed by atoms with Gasteiger partial charge in [0, 0.05) is 46.1 Å². The van der Waals surface area contributed by atoms with E-state index in [1.165, 1.54) is 61.2 Å². The fraction of sp³-hybridized carbons (Fsp3) is 0.453.